The molecule has 0 saturated heterocycles. The highest BCUT2D eigenvalue weighted by Gasteiger charge is 2.14. The first-order chi connectivity index (χ1) is 11.1. The average molecular weight is 429 g/mol. The number of nitrogens with zero attached hydrogens (tertiary/aromatic N) is 3. The minimum Gasteiger partial charge on any atom is -0.305 e. The largest absolute Gasteiger partial charge is 0.305 e. The minimum absolute atomic E-state index is 0.639. The number of rotatable bonds is 4. The fourth-order valence-electron chi connectivity index (χ4n) is 2.12. The Hall–Kier alpha value is -1.01. The van der Waals surface area contributed by atoms with Crippen molar-refractivity contribution in [3.63, 3.8) is 0 Å². The maximum Gasteiger partial charge on any atom is 0.191 e. The highest BCUT2D eigenvalue weighted by Crippen LogP contribution is 2.33. The molecule has 0 fully saturated rings. The molecule has 3 aromatic rings. The van der Waals surface area contributed by atoms with Crippen LogP contribution < -0.4 is 0 Å². The van der Waals surface area contributed by atoms with Gasteiger partial charge in [0.1, 0.15) is 0 Å². The van der Waals surface area contributed by atoms with E-state index >= 15 is 0 Å². The number of hydrogen-bond acceptors (Lipinski definition) is 3. The Kier molecular flexibility index (Phi) is 5.31. The van der Waals surface area contributed by atoms with Gasteiger partial charge in [0, 0.05) is 32.9 Å². The van der Waals surface area contributed by atoms with Crippen molar-refractivity contribution >= 4 is 50.9 Å². The van der Waals surface area contributed by atoms with Crippen molar-refractivity contribution in [1.82, 2.24) is 14.8 Å². The van der Waals surface area contributed by atoms with Gasteiger partial charge < -0.3 is 4.57 Å². The molecule has 0 bridgehead atoms. The second-order valence-corrected chi connectivity index (χ2v) is 7.45. The van der Waals surface area contributed by atoms with Crippen molar-refractivity contribution in [2.75, 3.05) is 0 Å². The lowest BCUT2D eigenvalue weighted by molar-refractivity contribution is 0.793. The Morgan fingerprint density at radius 2 is 1.74 bits per heavy atom. The van der Waals surface area contributed by atoms with Crippen LogP contribution in [0.2, 0.25) is 10.0 Å². The Morgan fingerprint density at radius 3 is 2.43 bits per heavy atom. The number of benzene rings is 2. The van der Waals surface area contributed by atoms with E-state index in [1.165, 1.54) is 0 Å². The third-order valence-corrected chi connectivity index (χ3v) is 5.80. The van der Waals surface area contributed by atoms with Crippen LogP contribution in [0.1, 0.15) is 5.56 Å². The van der Waals surface area contributed by atoms with Gasteiger partial charge in [0.15, 0.2) is 11.0 Å². The van der Waals surface area contributed by atoms with Crippen molar-refractivity contribution in [3.8, 4) is 11.4 Å². The smallest absolute Gasteiger partial charge is 0.191 e. The second-order valence-electron chi connectivity index (χ2n) is 4.83. The summed E-state index contributed by atoms with van der Waals surface area (Å²) in [6.07, 6.45) is 0. The number of aromatic nitrogens is 3. The van der Waals surface area contributed by atoms with Crippen LogP contribution in [0.4, 0.5) is 0 Å². The SMILES string of the molecule is Cn1c(SCc2c(Cl)cccc2Cl)nnc1-c1ccccc1Br. The van der Waals surface area contributed by atoms with E-state index in [4.69, 9.17) is 23.2 Å². The van der Waals surface area contributed by atoms with Crippen LogP contribution in [0.5, 0.6) is 0 Å². The van der Waals surface area contributed by atoms with Gasteiger partial charge in [0.25, 0.3) is 0 Å². The molecule has 1 heterocycles. The van der Waals surface area contributed by atoms with Gasteiger partial charge in [-0.05, 0) is 23.8 Å². The van der Waals surface area contributed by atoms with Gasteiger partial charge in [-0.1, -0.05) is 75.2 Å². The lowest BCUT2D eigenvalue weighted by Gasteiger charge is -2.07. The molecule has 3 rings (SSSR count). The van der Waals surface area contributed by atoms with Gasteiger partial charge in [-0.3, -0.25) is 0 Å². The zero-order valence-corrected chi connectivity index (χ0v) is 16.0. The molecule has 0 N–H and O–H groups in total. The van der Waals surface area contributed by atoms with Crippen molar-refractivity contribution in [1.29, 1.82) is 0 Å². The summed E-state index contributed by atoms with van der Waals surface area (Å²) in [6.45, 7) is 0. The van der Waals surface area contributed by atoms with Crippen LogP contribution in [0.3, 0.4) is 0 Å². The van der Waals surface area contributed by atoms with Crippen molar-refractivity contribution in [2.45, 2.75) is 10.9 Å². The van der Waals surface area contributed by atoms with E-state index in [-0.39, 0.29) is 0 Å². The maximum absolute atomic E-state index is 6.21. The van der Waals surface area contributed by atoms with Crippen LogP contribution in [-0.4, -0.2) is 14.8 Å². The molecule has 0 atom stereocenters. The van der Waals surface area contributed by atoms with E-state index in [1.807, 2.05) is 54.1 Å². The van der Waals surface area contributed by atoms with Gasteiger partial charge in [-0.2, -0.15) is 0 Å². The van der Waals surface area contributed by atoms with Crippen molar-refractivity contribution < 1.29 is 0 Å². The average Bonchev–Trinajstić information content (AvgIpc) is 2.88. The number of thioether (sulfide) groups is 1. The fraction of sp³-hybridized carbons (Fsp3) is 0.125. The number of hydrogen-bond donors (Lipinski definition) is 0. The molecule has 118 valence electrons. The maximum atomic E-state index is 6.21. The lowest BCUT2D eigenvalue weighted by atomic mass is 10.2. The molecule has 0 aliphatic heterocycles. The molecule has 3 nitrogen and oxygen atoms in total. The summed E-state index contributed by atoms with van der Waals surface area (Å²) < 4.78 is 2.95. The van der Waals surface area contributed by atoms with Crippen LogP contribution in [0.25, 0.3) is 11.4 Å². The minimum atomic E-state index is 0.639. The van der Waals surface area contributed by atoms with Gasteiger partial charge >= 0.3 is 0 Å². The summed E-state index contributed by atoms with van der Waals surface area (Å²) >= 11 is 17.5. The first kappa shape index (κ1) is 16.8. The van der Waals surface area contributed by atoms with E-state index in [0.29, 0.717) is 15.8 Å². The van der Waals surface area contributed by atoms with E-state index in [2.05, 4.69) is 26.1 Å². The molecule has 0 amide bonds. The van der Waals surface area contributed by atoms with E-state index in [1.54, 1.807) is 11.8 Å². The first-order valence-electron chi connectivity index (χ1n) is 6.78. The topological polar surface area (TPSA) is 30.7 Å². The summed E-state index contributed by atoms with van der Waals surface area (Å²) in [5.41, 5.74) is 1.91. The monoisotopic (exact) mass is 427 g/mol. The first-order valence-corrected chi connectivity index (χ1v) is 9.31. The van der Waals surface area contributed by atoms with Crippen LogP contribution in [-0.2, 0) is 12.8 Å². The summed E-state index contributed by atoms with van der Waals surface area (Å²) in [7, 11) is 1.95. The molecule has 0 radical (unpaired) electrons. The van der Waals surface area contributed by atoms with Gasteiger partial charge in [0.2, 0.25) is 0 Å². The summed E-state index contributed by atoms with van der Waals surface area (Å²) in [4.78, 5) is 0. The zero-order chi connectivity index (χ0) is 16.4. The van der Waals surface area contributed by atoms with Gasteiger partial charge in [-0.25, -0.2) is 0 Å². The third-order valence-electron chi connectivity index (χ3n) is 3.36. The van der Waals surface area contributed by atoms with E-state index < -0.39 is 0 Å². The molecule has 0 saturated carbocycles. The highest BCUT2D eigenvalue weighted by molar-refractivity contribution is 9.10. The van der Waals surface area contributed by atoms with Crippen LogP contribution in [0.15, 0.2) is 52.1 Å². The zero-order valence-electron chi connectivity index (χ0n) is 12.1. The molecule has 23 heavy (non-hydrogen) atoms. The van der Waals surface area contributed by atoms with Gasteiger partial charge in [-0.15, -0.1) is 10.2 Å². The van der Waals surface area contributed by atoms with Crippen molar-refractivity contribution in [2.24, 2.45) is 7.05 Å². The molecular formula is C16H12BrCl2N3S. The number of halogens is 3. The molecule has 2 aromatic carbocycles. The normalized spacial score (nSPS) is 11.0. The Labute approximate surface area is 157 Å². The van der Waals surface area contributed by atoms with E-state index in [9.17, 15) is 0 Å². The molecule has 0 aliphatic rings. The molecule has 0 spiro atoms. The predicted molar refractivity (Wildman–Crippen MR) is 100 cm³/mol. The Bertz CT molecular complexity index is 831. The summed E-state index contributed by atoms with van der Waals surface area (Å²) in [5, 5.41) is 10.7. The summed E-state index contributed by atoms with van der Waals surface area (Å²) in [5.74, 6) is 1.45. The lowest BCUT2D eigenvalue weighted by Crippen LogP contribution is -1.96. The third kappa shape index (κ3) is 3.58. The standard InChI is InChI=1S/C16H12BrCl2N3S/c1-22-15(10-5-2-3-6-12(10)17)20-21-16(22)23-9-11-13(18)7-4-8-14(11)19/h2-8H,9H2,1H3. The molecule has 0 unspecified atom stereocenters. The Balaban J connectivity index is 1.85. The highest BCUT2D eigenvalue weighted by atomic mass is 79.9. The molecular weight excluding hydrogens is 417 g/mol. The quantitative estimate of drug-likeness (QED) is 0.488. The summed E-state index contributed by atoms with van der Waals surface area (Å²) in [6, 6.07) is 13.5. The molecule has 1 aromatic heterocycles. The Morgan fingerprint density at radius 1 is 1.04 bits per heavy atom. The molecule has 7 heteroatoms. The van der Waals surface area contributed by atoms with Crippen LogP contribution >= 0.6 is 50.9 Å². The van der Waals surface area contributed by atoms with Gasteiger partial charge in [0.05, 0.1) is 0 Å². The second kappa shape index (κ2) is 7.26. The van der Waals surface area contributed by atoms with E-state index in [0.717, 1.165) is 26.6 Å². The van der Waals surface area contributed by atoms with Crippen LogP contribution in [0, 0.1) is 0 Å². The fourth-order valence-corrected chi connectivity index (χ4v) is 4.24. The molecule has 0 aliphatic carbocycles. The van der Waals surface area contributed by atoms with Crippen molar-refractivity contribution in [3.05, 3.63) is 62.5 Å². The predicted octanol–water partition coefficient (Wildman–Crippen LogP) is 5.84.